The Morgan fingerprint density at radius 2 is 2.06 bits per heavy atom. The predicted molar refractivity (Wildman–Crippen MR) is 67.1 cm³/mol. The van der Waals surface area contributed by atoms with E-state index in [-0.39, 0.29) is 22.9 Å². The van der Waals surface area contributed by atoms with Crippen LogP contribution in [0.25, 0.3) is 0 Å². The van der Waals surface area contributed by atoms with Crippen LogP contribution in [0.15, 0.2) is 29.2 Å². The van der Waals surface area contributed by atoms with Crippen molar-refractivity contribution < 1.29 is 9.59 Å². The van der Waals surface area contributed by atoms with Crippen LogP contribution in [0.2, 0.25) is 0 Å². The van der Waals surface area contributed by atoms with Crippen molar-refractivity contribution >= 4 is 29.1 Å². The minimum absolute atomic E-state index is 0.0195. The van der Waals surface area contributed by atoms with Crippen LogP contribution in [-0.4, -0.2) is 16.9 Å². The Balaban J connectivity index is 1.89. The number of hydrogen-bond acceptors (Lipinski definition) is 3. The smallest absolute Gasteiger partial charge is 0.238 e. The summed E-state index contributed by atoms with van der Waals surface area (Å²) in [6.07, 6.45) is 2.41. The average molecular weight is 247 g/mol. The van der Waals surface area contributed by atoms with E-state index in [2.05, 4.69) is 5.32 Å². The van der Waals surface area contributed by atoms with Gasteiger partial charge in [-0.2, -0.15) is 0 Å². The maximum Gasteiger partial charge on any atom is 0.238 e. The van der Waals surface area contributed by atoms with Crippen molar-refractivity contribution in [3.8, 4) is 0 Å². The number of Topliss-reactive ketones (excluding diaryl/α,β-unsaturated/α-hetero) is 1. The topological polar surface area (TPSA) is 46.2 Å². The van der Waals surface area contributed by atoms with Gasteiger partial charge < -0.3 is 5.32 Å². The molecule has 1 aromatic rings. The van der Waals surface area contributed by atoms with Gasteiger partial charge in [-0.25, -0.2) is 0 Å². The lowest BCUT2D eigenvalue weighted by Crippen LogP contribution is -2.36. The number of carbonyl (C=O) groups excluding carboxylic acids is 2. The molecule has 3 rings (SSSR count). The second-order valence-electron chi connectivity index (χ2n) is 4.49. The van der Waals surface area contributed by atoms with E-state index >= 15 is 0 Å². The van der Waals surface area contributed by atoms with Crippen LogP contribution in [0.5, 0.6) is 0 Å². The molecule has 4 heteroatoms. The Morgan fingerprint density at radius 3 is 2.82 bits per heavy atom. The lowest BCUT2D eigenvalue weighted by atomic mass is 10.0. The molecule has 0 radical (unpaired) electrons. The number of para-hydroxylation sites is 1. The first-order chi connectivity index (χ1) is 8.25. The van der Waals surface area contributed by atoms with Crippen molar-refractivity contribution in [2.75, 3.05) is 5.32 Å². The van der Waals surface area contributed by atoms with Gasteiger partial charge in [-0.15, -0.1) is 11.8 Å². The van der Waals surface area contributed by atoms with Crippen molar-refractivity contribution in [1.82, 2.24) is 0 Å². The Labute approximate surface area is 104 Å². The highest BCUT2D eigenvalue weighted by molar-refractivity contribution is 8.01. The van der Waals surface area contributed by atoms with E-state index in [0.717, 1.165) is 23.4 Å². The quantitative estimate of drug-likeness (QED) is 0.829. The summed E-state index contributed by atoms with van der Waals surface area (Å²) in [6.45, 7) is 0. The second kappa shape index (κ2) is 4.18. The highest BCUT2D eigenvalue weighted by Gasteiger charge is 2.39. The van der Waals surface area contributed by atoms with E-state index in [1.54, 1.807) is 0 Å². The summed E-state index contributed by atoms with van der Waals surface area (Å²) >= 11 is 1.53. The van der Waals surface area contributed by atoms with Crippen LogP contribution in [-0.2, 0) is 9.59 Å². The maximum atomic E-state index is 12.0. The minimum Gasteiger partial charge on any atom is -0.324 e. The van der Waals surface area contributed by atoms with E-state index < -0.39 is 0 Å². The Kier molecular flexibility index (Phi) is 2.67. The van der Waals surface area contributed by atoms with Crippen LogP contribution < -0.4 is 5.32 Å². The molecule has 1 amide bonds. The van der Waals surface area contributed by atoms with Gasteiger partial charge in [0, 0.05) is 17.2 Å². The van der Waals surface area contributed by atoms with E-state index in [1.807, 2.05) is 24.3 Å². The van der Waals surface area contributed by atoms with Crippen LogP contribution in [0, 0.1) is 5.92 Å². The Hall–Kier alpha value is -1.29. The van der Waals surface area contributed by atoms with Crippen molar-refractivity contribution in [1.29, 1.82) is 0 Å². The van der Waals surface area contributed by atoms with Gasteiger partial charge in [0.15, 0.2) is 0 Å². The third kappa shape index (κ3) is 1.86. The largest absolute Gasteiger partial charge is 0.324 e. The summed E-state index contributed by atoms with van der Waals surface area (Å²) in [5, 5.41) is 2.66. The van der Waals surface area contributed by atoms with E-state index in [0.29, 0.717) is 6.42 Å². The molecule has 0 unspecified atom stereocenters. The molecule has 1 aliphatic carbocycles. The summed E-state index contributed by atoms with van der Waals surface area (Å²) in [4.78, 5) is 24.8. The molecule has 1 aliphatic heterocycles. The monoisotopic (exact) mass is 247 g/mol. The fraction of sp³-hybridized carbons (Fsp3) is 0.385. The molecule has 0 saturated heterocycles. The average Bonchev–Trinajstić information content (AvgIpc) is 2.74. The standard InChI is InChI=1S/C13H13NO2S/c15-10-6-3-4-8(10)12-13(16)14-9-5-1-2-7-11(9)17-12/h1-2,5,7-8,12H,3-4,6H2,(H,14,16)/t8-,12-/m1/s1. The zero-order valence-corrected chi connectivity index (χ0v) is 10.1. The van der Waals surface area contributed by atoms with Gasteiger partial charge in [-0.1, -0.05) is 12.1 Å². The lowest BCUT2D eigenvalue weighted by Gasteiger charge is -2.27. The molecule has 1 N–H and O–H groups in total. The summed E-state index contributed by atoms with van der Waals surface area (Å²) in [5.41, 5.74) is 0.865. The van der Waals surface area contributed by atoms with Gasteiger partial charge in [0.2, 0.25) is 5.91 Å². The summed E-state index contributed by atoms with van der Waals surface area (Å²) in [7, 11) is 0. The molecule has 1 heterocycles. The molecule has 88 valence electrons. The molecule has 3 nitrogen and oxygen atoms in total. The number of hydrogen-bond donors (Lipinski definition) is 1. The van der Waals surface area contributed by atoms with Crippen molar-refractivity contribution in [3.05, 3.63) is 24.3 Å². The fourth-order valence-electron chi connectivity index (χ4n) is 2.49. The number of amides is 1. The molecule has 0 spiro atoms. The van der Waals surface area contributed by atoms with Gasteiger partial charge in [0.1, 0.15) is 5.78 Å². The molecule has 17 heavy (non-hydrogen) atoms. The highest BCUT2D eigenvalue weighted by Crippen LogP contribution is 2.41. The van der Waals surface area contributed by atoms with Crippen molar-refractivity contribution in [3.63, 3.8) is 0 Å². The van der Waals surface area contributed by atoms with E-state index in [1.165, 1.54) is 11.8 Å². The fourth-order valence-corrected chi connectivity index (χ4v) is 3.79. The van der Waals surface area contributed by atoms with Gasteiger partial charge in [-0.05, 0) is 25.0 Å². The highest BCUT2D eigenvalue weighted by atomic mass is 32.2. The van der Waals surface area contributed by atoms with Crippen LogP contribution in [0.3, 0.4) is 0 Å². The van der Waals surface area contributed by atoms with Gasteiger partial charge >= 0.3 is 0 Å². The molecular formula is C13H13NO2S. The first-order valence-electron chi connectivity index (χ1n) is 5.85. The van der Waals surface area contributed by atoms with Gasteiger partial charge in [-0.3, -0.25) is 9.59 Å². The number of ketones is 1. The van der Waals surface area contributed by atoms with E-state index in [4.69, 9.17) is 0 Å². The number of thioether (sulfide) groups is 1. The number of benzene rings is 1. The summed E-state index contributed by atoms with van der Waals surface area (Å²) < 4.78 is 0. The number of anilines is 1. The molecule has 2 atom stereocenters. The van der Waals surface area contributed by atoms with Gasteiger partial charge in [0.25, 0.3) is 0 Å². The summed E-state index contributed by atoms with van der Waals surface area (Å²) in [5.74, 6) is 0.138. The summed E-state index contributed by atoms with van der Waals surface area (Å²) in [6, 6.07) is 7.75. The third-order valence-corrected chi connectivity index (χ3v) is 4.78. The number of rotatable bonds is 1. The number of carbonyl (C=O) groups is 2. The first kappa shape index (κ1) is 10.8. The zero-order valence-electron chi connectivity index (χ0n) is 9.31. The van der Waals surface area contributed by atoms with Gasteiger partial charge in [0.05, 0.1) is 10.9 Å². The number of nitrogens with one attached hydrogen (secondary N) is 1. The molecule has 0 bridgehead atoms. The Morgan fingerprint density at radius 1 is 1.24 bits per heavy atom. The molecule has 1 aromatic carbocycles. The van der Waals surface area contributed by atoms with Crippen molar-refractivity contribution in [2.24, 2.45) is 5.92 Å². The third-order valence-electron chi connectivity index (χ3n) is 3.37. The minimum atomic E-state index is -0.236. The molecule has 1 saturated carbocycles. The molecule has 2 aliphatic rings. The van der Waals surface area contributed by atoms with Crippen LogP contribution in [0.1, 0.15) is 19.3 Å². The normalized spacial score (nSPS) is 27.8. The SMILES string of the molecule is O=C1CCC[C@H]1[C@H]1Sc2ccccc2NC1=O. The second-order valence-corrected chi connectivity index (χ2v) is 5.67. The zero-order chi connectivity index (χ0) is 11.8. The molecule has 0 aromatic heterocycles. The molecular weight excluding hydrogens is 234 g/mol. The predicted octanol–water partition coefficient (Wildman–Crippen LogP) is 2.47. The van der Waals surface area contributed by atoms with Crippen LogP contribution in [0.4, 0.5) is 5.69 Å². The lowest BCUT2D eigenvalue weighted by molar-refractivity contribution is -0.124. The first-order valence-corrected chi connectivity index (χ1v) is 6.73. The van der Waals surface area contributed by atoms with Crippen LogP contribution >= 0.6 is 11.8 Å². The molecule has 1 fully saturated rings. The number of fused-ring (bicyclic) bond motifs is 1. The Bertz CT molecular complexity index is 486. The van der Waals surface area contributed by atoms with Crippen molar-refractivity contribution in [2.45, 2.75) is 29.4 Å². The van der Waals surface area contributed by atoms with E-state index in [9.17, 15) is 9.59 Å². The maximum absolute atomic E-state index is 12.0.